The summed E-state index contributed by atoms with van der Waals surface area (Å²) < 4.78 is 10.3. The highest BCUT2D eigenvalue weighted by Crippen LogP contribution is 2.35. The quantitative estimate of drug-likeness (QED) is 0.599. The van der Waals surface area contributed by atoms with E-state index in [2.05, 4.69) is 0 Å². The molecule has 0 unspecified atom stereocenters. The number of methoxy groups -OCH3 is 1. The molecular weight excluding hydrogens is 140 g/mol. The third-order valence-corrected chi connectivity index (χ3v) is 1.82. The van der Waals surface area contributed by atoms with Crippen LogP contribution in [0.25, 0.3) is 0 Å². The topological polar surface area (TPSA) is 21.8 Å². The first-order valence-corrected chi connectivity index (χ1v) is 3.66. The predicted molar refractivity (Wildman–Crippen MR) is 41.7 cm³/mol. The second-order valence-electron chi connectivity index (χ2n) is 2.56. The van der Waals surface area contributed by atoms with Crippen molar-refractivity contribution in [3.63, 3.8) is 0 Å². The van der Waals surface area contributed by atoms with Gasteiger partial charge in [0.15, 0.2) is 0 Å². The van der Waals surface area contributed by atoms with Crippen LogP contribution < -0.4 is 4.74 Å². The lowest BCUT2D eigenvalue weighted by molar-refractivity contribution is 0.383. The molecule has 1 aliphatic heterocycles. The molecule has 0 spiro atoms. The molecule has 0 amide bonds. The van der Waals surface area contributed by atoms with Gasteiger partial charge in [-0.05, 0) is 6.07 Å². The second-order valence-corrected chi connectivity index (χ2v) is 2.56. The summed E-state index contributed by atoms with van der Waals surface area (Å²) in [6.07, 6.45) is 0.283. The Morgan fingerprint density at radius 1 is 1.45 bits per heavy atom. The van der Waals surface area contributed by atoms with Crippen LogP contribution in [0.2, 0.25) is 0 Å². The zero-order valence-electron chi connectivity index (χ0n) is 6.41. The molecule has 1 heterocycles. The van der Waals surface area contributed by atoms with Crippen LogP contribution in [0, 0.1) is 0 Å². The maximum atomic E-state index is 5.17. The fourth-order valence-corrected chi connectivity index (χ4v) is 1.16. The highest BCUT2D eigenvalue weighted by atomic mass is 16.6. The van der Waals surface area contributed by atoms with Gasteiger partial charge in [-0.25, -0.2) is 0 Å². The van der Waals surface area contributed by atoms with Crippen molar-refractivity contribution in [3.05, 3.63) is 29.8 Å². The Hall–Kier alpha value is -1.02. The van der Waals surface area contributed by atoms with Crippen LogP contribution in [0.4, 0.5) is 0 Å². The van der Waals surface area contributed by atoms with Crippen molar-refractivity contribution in [3.8, 4) is 5.75 Å². The van der Waals surface area contributed by atoms with Crippen molar-refractivity contribution < 1.29 is 9.47 Å². The maximum Gasteiger partial charge on any atom is 0.124 e. The molecule has 2 rings (SSSR count). The fraction of sp³-hybridized carbons (Fsp3) is 0.333. The molecule has 0 N–H and O–H groups in total. The Morgan fingerprint density at radius 2 is 2.18 bits per heavy atom. The van der Waals surface area contributed by atoms with E-state index >= 15 is 0 Å². The third-order valence-electron chi connectivity index (χ3n) is 1.82. The van der Waals surface area contributed by atoms with E-state index in [0.29, 0.717) is 0 Å². The number of rotatable bonds is 2. The summed E-state index contributed by atoms with van der Waals surface area (Å²) in [7, 11) is 1.68. The molecule has 0 aromatic heterocycles. The van der Waals surface area contributed by atoms with E-state index in [4.69, 9.17) is 9.47 Å². The number of hydrogen-bond donors (Lipinski definition) is 0. The van der Waals surface area contributed by atoms with Gasteiger partial charge in [-0.1, -0.05) is 18.2 Å². The van der Waals surface area contributed by atoms with Gasteiger partial charge in [0.05, 0.1) is 13.7 Å². The van der Waals surface area contributed by atoms with Crippen molar-refractivity contribution in [2.45, 2.75) is 6.10 Å². The highest BCUT2D eigenvalue weighted by Gasteiger charge is 2.27. The minimum atomic E-state index is 0.283. The molecular formula is C9H10O2. The average Bonchev–Trinajstić information content (AvgIpc) is 2.87. The number of hydrogen-bond acceptors (Lipinski definition) is 2. The largest absolute Gasteiger partial charge is 0.496 e. The van der Waals surface area contributed by atoms with E-state index in [-0.39, 0.29) is 6.10 Å². The summed E-state index contributed by atoms with van der Waals surface area (Å²) >= 11 is 0. The van der Waals surface area contributed by atoms with Crippen molar-refractivity contribution in [1.82, 2.24) is 0 Å². The molecule has 0 saturated carbocycles. The minimum Gasteiger partial charge on any atom is -0.496 e. The Bertz CT molecular complexity index is 253. The van der Waals surface area contributed by atoms with Gasteiger partial charge in [0.1, 0.15) is 11.9 Å². The lowest BCUT2D eigenvalue weighted by atomic mass is 10.1. The molecule has 11 heavy (non-hydrogen) atoms. The SMILES string of the molecule is COc1ccccc1[C@@H]1CO1. The minimum absolute atomic E-state index is 0.283. The monoisotopic (exact) mass is 150 g/mol. The van der Waals surface area contributed by atoms with E-state index in [1.54, 1.807) is 7.11 Å². The third kappa shape index (κ3) is 1.21. The van der Waals surface area contributed by atoms with Crippen LogP contribution in [-0.4, -0.2) is 13.7 Å². The van der Waals surface area contributed by atoms with Gasteiger partial charge in [-0.15, -0.1) is 0 Å². The van der Waals surface area contributed by atoms with Gasteiger partial charge in [0.25, 0.3) is 0 Å². The standard InChI is InChI=1S/C9H10O2/c1-10-8-5-3-2-4-7(8)9-6-11-9/h2-5,9H,6H2,1H3/t9-/m0/s1. The van der Waals surface area contributed by atoms with E-state index in [1.807, 2.05) is 24.3 Å². The number of epoxide rings is 1. The van der Waals surface area contributed by atoms with Gasteiger partial charge < -0.3 is 9.47 Å². The molecule has 2 nitrogen and oxygen atoms in total. The molecule has 1 fully saturated rings. The average molecular weight is 150 g/mol. The van der Waals surface area contributed by atoms with Crippen molar-refractivity contribution in [1.29, 1.82) is 0 Å². The summed E-state index contributed by atoms with van der Waals surface area (Å²) in [5.74, 6) is 0.926. The lowest BCUT2D eigenvalue weighted by Gasteiger charge is -2.03. The fourth-order valence-electron chi connectivity index (χ4n) is 1.16. The summed E-state index contributed by atoms with van der Waals surface area (Å²) in [6.45, 7) is 0.834. The van der Waals surface area contributed by atoms with Crippen LogP contribution in [0.3, 0.4) is 0 Å². The van der Waals surface area contributed by atoms with Crippen LogP contribution >= 0.6 is 0 Å². The Kier molecular flexibility index (Phi) is 1.55. The summed E-state index contributed by atoms with van der Waals surface area (Å²) in [5, 5.41) is 0. The molecule has 0 radical (unpaired) electrons. The summed E-state index contributed by atoms with van der Waals surface area (Å²) in [5.41, 5.74) is 1.16. The molecule has 1 atom stereocenters. The van der Waals surface area contributed by atoms with E-state index < -0.39 is 0 Å². The van der Waals surface area contributed by atoms with Crippen LogP contribution in [-0.2, 0) is 4.74 Å². The molecule has 58 valence electrons. The van der Waals surface area contributed by atoms with Crippen molar-refractivity contribution in [2.24, 2.45) is 0 Å². The molecule has 1 aromatic rings. The smallest absolute Gasteiger partial charge is 0.124 e. The molecule has 0 aliphatic carbocycles. The molecule has 1 saturated heterocycles. The van der Waals surface area contributed by atoms with Gasteiger partial charge in [-0.3, -0.25) is 0 Å². The lowest BCUT2D eigenvalue weighted by Crippen LogP contribution is -1.88. The van der Waals surface area contributed by atoms with Crippen molar-refractivity contribution >= 4 is 0 Å². The summed E-state index contributed by atoms with van der Waals surface area (Å²) in [4.78, 5) is 0. The number of para-hydroxylation sites is 1. The Morgan fingerprint density at radius 3 is 2.82 bits per heavy atom. The van der Waals surface area contributed by atoms with Crippen LogP contribution in [0.15, 0.2) is 24.3 Å². The van der Waals surface area contributed by atoms with Gasteiger partial charge in [0, 0.05) is 5.56 Å². The first kappa shape index (κ1) is 6.68. The molecule has 0 bridgehead atoms. The molecule has 1 aromatic carbocycles. The Labute approximate surface area is 65.7 Å². The summed E-state index contributed by atoms with van der Waals surface area (Å²) in [6, 6.07) is 7.96. The van der Waals surface area contributed by atoms with Gasteiger partial charge in [-0.2, -0.15) is 0 Å². The molecule has 1 aliphatic rings. The number of benzene rings is 1. The van der Waals surface area contributed by atoms with Gasteiger partial charge >= 0.3 is 0 Å². The first-order chi connectivity index (χ1) is 5.42. The van der Waals surface area contributed by atoms with Crippen LogP contribution in [0.1, 0.15) is 11.7 Å². The van der Waals surface area contributed by atoms with Crippen molar-refractivity contribution in [2.75, 3.05) is 13.7 Å². The zero-order chi connectivity index (χ0) is 7.68. The van der Waals surface area contributed by atoms with E-state index in [9.17, 15) is 0 Å². The number of ether oxygens (including phenoxy) is 2. The normalized spacial score (nSPS) is 21.4. The van der Waals surface area contributed by atoms with E-state index in [1.165, 1.54) is 0 Å². The van der Waals surface area contributed by atoms with Gasteiger partial charge in [0.2, 0.25) is 0 Å². The first-order valence-electron chi connectivity index (χ1n) is 3.66. The Balaban J connectivity index is 2.34. The van der Waals surface area contributed by atoms with E-state index in [0.717, 1.165) is 17.9 Å². The maximum absolute atomic E-state index is 5.17. The predicted octanol–water partition coefficient (Wildman–Crippen LogP) is 1.77. The second kappa shape index (κ2) is 2.55. The molecule has 2 heteroatoms. The highest BCUT2D eigenvalue weighted by molar-refractivity contribution is 5.36. The van der Waals surface area contributed by atoms with Crippen LogP contribution in [0.5, 0.6) is 5.75 Å². The zero-order valence-corrected chi connectivity index (χ0v) is 6.41.